The smallest absolute Gasteiger partial charge is 0.331 e. The van der Waals surface area contributed by atoms with Gasteiger partial charge in [-0.1, -0.05) is 54.6 Å². The number of nitriles is 1. The van der Waals surface area contributed by atoms with E-state index in [1.807, 2.05) is 36.4 Å². The van der Waals surface area contributed by atoms with Crippen LogP contribution in [0.3, 0.4) is 0 Å². The predicted octanol–water partition coefficient (Wildman–Crippen LogP) is 3.84. The lowest BCUT2D eigenvalue weighted by molar-refractivity contribution is -0.142. The first kappa shape index (κ1) is 16.0. The second-order valence-electron chi connectivity index (χ2n) is 6.22. The van der Waals surface area contributed by atoms with E-state index >= 15 is 0 Å². The Hall–Kier alpha value is -3.45. The average Bonchev–Trinajstić information content (AvgIpc) is 2.68. The zero-order valence-corrected chi connectivity index (χ0v) is 14.2. The summed E-state index contributed by atoms with van der Waals surface area (Å²) >= 11 is 0. The van der Waals surface area contributed by atoms with Gasteiger partial charge in [-0.05, 0) is 34.0 Å². The lowest BCUT2D eigenvalue weighted by atomic mass is 9.77. The Morgan fingerprint density at radius 1 is 1.04 bits per heavy atom. The lowest BCUT2D eigenvalue weighted by Gasteiger charge is -2.34. The Labute approximate surface area is 151 Å². The Morgan fingerprint density at radius 2 is 1.77 bits per heavy atom. The van der Waals surface area contributed by atoms with E-state index in [2.05, 4.69) is 29.3 Å². The van der Waals surface area contributed by atoms with Crippen LogP contribution >= 0.6 is 0 Å². The number of nitrogens with zero attached hydrogens (tertiary/aromatic N) is 2. The fourth-order valence-corrected chi connectivity index (χ4v) is 3.49. The molecule has 0 N–H and O–H groups in total. The maximum Gasteiger partial charge on any atom is 0.331 e. The summed E-state index contributed by atoms with van der Waals surface area (Å²) in [7, 11) is 1.39. The van der Waals surface area contributed by atoms with Crippen LogP contribution < -0.4 is 0 Å². The second kappa shape index (κ2) is 6.45. The highest BCUT2D eigenvalue weighted by Crippen LogP contribution is 2.39. The van der Waals surface area contributed by atoms with Gasteiger partial charge in [0.05, 0.1) is 30.4 Å². The van der Waals surface area contributed by atoms with Crippen LogP contribution in [-0.2, 0) is 9.53 Å². The van der Waals surface area contributed by atoms with Crippen molar-refractivity contribution < 1.29 is 9.53 Å². The number of methoxy groups -OCH3 is 1. The van der Waals surface area contributed by atoms with Crippen LogP contribution in [0, 0.1) is 11.3 Å². The minimum Gasteiger partial charge on any atom is -0.467 e. The molecule has 0 saturated carbocycles. The maximum atomic E-state index is 12.2. The molecule has 0 bridgehead atoms. The topological polar surface area (TPSA) is 62.4 Å². The first-order valence-corrected chi connectivity index (χ1v) is 8.36. The zero-order chi connectivity index (χ0) is 18.1. The fraction of sp³-hybridized carbons (Fsp3) is 0.136. The summed E-state index contributed by atoms with van der Waals surface area (Å²) in [5.41, 5.74) is 3.43. The monoisotopic (exact) mass is 340 g/mol. The standard InChI is InChI=1S/C22H16N2O2/c1-26-22(25)21-19(18-8-4-6-15-5-2-3-7-17(15)18)20(24-21)16-11-9-14(13-23)10-12-16/h2-12,19,21H,1H3/t19-,21+/m1/s1. The van der Waals surface area contributed by atoms with Crippen LogP contribution in [0.5, 0.6) is 0 Å². The molecule has 2 atom stereocenters. The van der Waals surface area contributed by atoms with E-state index in [-0.39, 0.29) is 11.9 Å². The third kappa shape index (κ3) is 2.55. The highest BCUT2D eigenvalue weighted by Gasteiger charge is 2.42. The molecule has 3 aromatic rings. The highest BCUT2D eigenvalue weighted by atomic mass is 16.5. The van der Waals surface area contributed by atoms with Gasteiger partial charge in [0, 0.05) is 0 Å². The zero-order valence-electron chi connectivity index (χ0n) is 14.2. The maximum absolute atomic E-state index is 12.2. The number of hydrogen-bond acceptors (Lipinski definition) is 4. The molecule has 0 saturated heterocycles. The molecule has 0 aliphatic carbocycles. The van der Waals surface area contributed by atoms with Crippen LogP contribution in [0.25, 0.3) is 10.8 Å². The number of rotatable bonds is 3. The summed E-state index contributed by atoms with van der Waals surface area (Å²) in [6, 6.07) is 23.1. The summed E-state index contributed by atoms with van der Waals surface area (Å²) in [5.74, 6) is -0.498. The molecule has 4 heteroatoms. The summed E-state index contributed by atoms with van der Waals surface area (Å²) in [6.45, 7) is 0. The van der Waals surface area contributed by atoms with E-state index in [4.69, 9.17) is 10.00 Å². The molecule has 0 unspecified atom stereocenters. The number of carbonyl (C=O) groups is 1. The van der Waals surface area contributed by atoms with Crippen molar-refractivity contribution in [3.05, 3.63) is 83.4 Å². The highest BCUT2D eigenvalue weighted by molar-refractivity contribution is 6.14. The second-order valence-corrected chi connectivity index (χ2v) is 6.22. The molecule has 1 aliphatic rings. The van der Waals surface area contributed by atoms with Crippen molar-refractivity contribution in [3.8, 4) is 6.07 Å². The molecule has 1 heterocycles. The van der Waals surface area contributed by atoms with E-state index < -0.39 is 6.04 Å². The largest absolute Gasteiger partial charge is 0.467 e. The molecule has 0 aromatic heterocycles. The summed E-state index contributed by atoms with van der Waals surface area (Å²) in [5, 5.41) is 11.2. The third-order valence-electron chi connectivity index (χ3n) is 4.80. The molecule has 1 aliphatic heterocycles. The normalized spacial score (nSPS) is 18.5. The Kier molecular flexibility index (Phi) is 3.98. The van der Waals surface area contributed by atoms with Crippen molar-refractivity contribution in [1.29, 1.82) is 5.26 Å². The van der Waals surface area contributed by atoms with E-state index in [1.165, 1.54) is 7.11 Å². The van der Waals surface area contributed by atoms with Crippen molar-refractivity contribution in [3.63, 3.8) is 0 Å². The fourth-order valence-electron chi connectivity index (χ4n) is 3.49. The molecule has 0 amide bonds. The van der Waals surface area contributed by atoms with Gasteiger partial charge in [0.25, 0.3) is 0 Å². The number of ether oxygens (including phenoxy) is 1. The molecule has 3 aromatic carbocycles. The first-order valence-electron chi connectivity index (χ1n) is 8.36. The van der Waals surface area contributed by atoms with E-state index in [9.17, 15) is 4.79 Å². The minimum atomic E-state index is -0.545. The van der Waals surface area contributed by atoms with Crippen LogP contribution in [0.15, 0.2) is 71.7 Å². The quantitative estimate of drug-likeness (QED) is 0.681. The third-order valence-corrected chi connectivity index (χ3v) is 4.80. The summed E-state index contributed by atoms with van der Waals surface area (Å²) < 4.78 is 4.95. The number of aliphatic imine (C=N–C) groups is 1. The van der Waals surface area contributed by atoms with Gasteiger partial charge >= 0.3 is 5.97 Å². The summed E-state index contributed by atoms with van der Waals surface area (Å²) in [4.78, 5) is 16.8. The molecule has 0 spiro atoms. The Bertz CT molecular complexity index is 1060. The summed E-state index contributed by atoms with van der Waals surface area (Å²) in [6.07, 6.45) is 0. The number of fused-ring (bicyclic) bond motifs is 1. The SMILES string of the molecule is COC(=O)[C@H]1N=C(c2ccc(C#N)cc2)[C@H]1c1cccc2ccccc12. The van der Waals surface area contributed by atoms with Gasteiger partial charge < -0.3 is 4.74 Å². The molecular weight excluding hydrogens is 324 g/mol. The van der Waals surface area contributed by atoms with Crippen molar-refractivity contribution >= 4 is 22.5 Å². The molecule has 4 nitrogen and oxygen atoms in total. The van der Waals surface area contributed by atoms with Gasteiger partial charge in [-0.25, -0.2) is 4.79 Å². The first-order chi connectivity index (χ1) is 12.7. The number of esters is 1. The van der Waals surface area contributed by atoms with Gasteiger partial charge in [0.1, 0.15) is 0 Å². The molecule has 26 heavy (non-hydrogen) atoms. The van der Waals surface area contributed by atoms with Crippen molar-refractivity contribution in [2.75, 3.05) is 7.11 Å². The van der Waals surface area contributed by atoms with Crippen LogP contribution in [0.1, 0.15) is 22.6 Å². The van der Waals surface area contributed by atoms with Gasteiger partial charge in [-0.15, -0.1) is 0 Å². The Morgan fingerprint density at radius 3 is 2.50 bits per heavy atom. The van der Waals surface area contributed by atoms with E-state index in [0.29, 0.717) is 5.56 Å². The molecule has 4 rings (SSSR count). The van der Waals surface area contributed by atoms with E-state index in [0.717, 1.165) is 27.6 Å². The molecule has 0 radical (unpaired) electrons. The van der Waals surface area contributed by atoms with Gasteiger partial charge in [0.2, 0.25) is 0 Å². The predicted molar refractivity (Wildman–Crippen MR) is 100 cm³/mol. The van der Waals surface area contributed by atoms with Crippen molar-refractivity contribution in [2.45, 2.75) is 12.0 Å². The lowest BCUT2D eigenvalue weighted by Crippen LogP contribution is -2.42. The number of hydrogen-bond donors (Lipinski definition) is 0. The number of benzene rings is 3. The van der Waals surface area contributed by atoms with Crippen LogP contribution in [-0.4, -0.2) is 24.8 Å². The number of carbonyl (C=O) groups excluding carboxylic acids is 1. The van der Waals surface area contributed by atoms with E-state index in [1.54, 1.807) is 12.1 Å². The van der Waals surface area contributed by atoms with Gasteiger partial charge in [0.15, 0.2) is 6.04 Å². The average molecular weight is 340 g/mol. The van der Waals surface area contributed by atoms with Gasteiger partial charge in [-0.2, -0.15) is 5.26 Å². The Balaban J connectivity index is 1.83. The van der Waals surface area contributed by atoms with Crippen molar-refractivity contribution in [2.24, 2.45) is 4.99 Å². The molecular formula is C22H16N2O2. The van der Waals surface area contributed by atoms with Crippen LogP contribution in [0.2, 0.25) is 0 Å². The van der Waals surface area contributed by atoms with Crippen LogP contribution in [0.4, 0.5) is 0 Å². The minimum absolute atomic E-state index is 0.165. The molecule has 0 fully saturated rings. The molecule has 126 valence electrons. The van der Waals surface area contributed by atoms with Gasteiger partial charge in [-0.3, -0.25) is 4.99 Å². The van der Waals surface area contributed by atoms with Crippen molar-refractivity contribution in [1.82, 2.24) is 0 Å².